The van der Waals surface area contributed by atoms with Gasteiger partial charge in [-0.25, -0.2) is 31.1 Å². The maximum absolute atomic E-state index is 12.5. The number of hydrogen-bond donors (Lipinski definition) is 1. The first kappa shape index (κ1) is 23.3. The summed E-state index contributed by atoms with van der Waals surface area (Å²) in [7, 11) is -5.67. The van der Waals surface area contributed by atoms with Gasteiger partial charge in [0.25, 0.3) is 11.8 Å². The van der Waals surface area contributed by atoms with E-state index in [0.29, 0.717) is 4.31 Å². The van der Waals surface area contributed by atoms with Gasteiger partial charge in [-0.05, 0) is 6.07 Å². The Bertz CT molecular complexity index is 1170. The van der Waals surface area contributed by atoms with E-state index < -0.39 is 26.2 Å². The van der Waals surface area contributed by atoms with Crippen LogP contribution in [0.5, 0.6) is 11.8 Å². The predicted octanol–water partition coefficient (Wildman–Crippen LogP) is 0.794. The minimum atomic E-state index is -4.28. The number of methoxy groups -OCH3 is 2. The zero-order chi connectivity index (χ0) is 22.1. The fourth-order valence-electron chi connectivity index (χ4n) is 2.42. The molecule has 0 aliphatic heterocycles. The molecule has 29 heavy (non-hydrogen) atoms. The molecule has 0 aliphatic carbocycles. The lowest BCUT2D eigenvalue weighted by molar-refractivity contribution is -0.109. The maximum atomic E-state index is 12.5. The van der Waals surface area contributed by atoms with Gasteiger partial charge in [-0.15, -0.1) is 0 Å². The predicted molar refractivity (Wildman–Crippen MR) is 108 cm³/mol. The summed E-state index contributed by atoms with van der Waals surface area (Å²) < 4.78 is 60.9. The topological polar surface area (TPSA) is 145 Å². The Hall–Kier alpha value is -1.93. The van der Waals surface area contributed by atoms with Gasteiger partial charge in [0.05, 0.1) is 42.3 Å². The second-order valence-corrected chi connectivity index (χ2v) is 10.1. The zero-order valence-electron chi connectivity index (χ0n) is 15.5. The van der Waals surface area contributed by atoms with Crippen LogP contribution in [0.1, 0.15) is 0 Å². The maximum Gasteiger partial charge on any atom is 0.278 e. The van der Waals surface area contributed by atoms with Crippen molar-refractivity contribution in [1.82, 2.24) is 14.7 Å². The highest BCUT2D eigenvalue weighted by Gasteiger charge is 2.34. The van der Waals surface area contributed by atoms with E-state index in [4.69, 9.17) is 32.7 Å². The van der Waals surface area contributed by atoms with Crippen LogP contribution in [0.3, 0.4) is 0 Å². The number of benzene rings is 1. The quantitative estimate of drug-likeness (QED) is 0.422. The van der Waals surface area contributed by atoms with Gasteiger partial charge in [-0.2, -0.15) is 4.72 Å². The van der Waals surface area contributed by atoms with E-state index in [2.05, 4.69) is 9.97 Å². The number of carbonyl (C=O) groups excluding carboxylic acids is 1. The van der Waals surface area contributed by atoms with E-state index in [1.54, 1.807) is 0 Å². The van der Waals surface area contributed by atoms with Gasteiger partial charge in [0.2, 0.25) is 20.0 Å². The van der Waals surface area contributed by atoms with Crippen LogP contribution in [0.15, 0.2) is 6.07 Å². The number of nitrogens with one attached hydrogen (secondary N) is 1. The second kappa shape index (κ2) is 8.44. The van der Waals surface area contributed by atoms with E-state index in [-0.39, 0.29) is 44.8 Å². The lowest BCUT2D eigenvalue weighted by atomic mass is 10.2. The molecule has 2 rings (SSSR count). The van der Waals surface area contributed by atoms with Crippen LogP contribution >= 0.6 is 23.2 Å². The number of anilines is 1. The first-order valence-corrected chi connectivity index (χ1v) is 12.0. The molecule has 0 amide bonds. The zero-order valence-corrected chi connectivity index (χ0v) is 18.6. The summed E-state index contributed by atoms with van der Waals surface area (Å²) in [6, 6.07) is 1.30. The Kier molecular flexibility index (Phi) is 6.79. The number of fused-ring (bicyclic) bond motifs is 1. The normalized spacial score (nSPS) is 13.2. The highest BCUT2D eigenvalue weighted by molar-refractivity contribution is 7.92. The SMILES string of the molecule is COc1nc2cc(Cl)c(Cl)c(N(C(C=O)NS(C)(=O)=O)S(C)(=O)=O)c2nc1OC. The molecule has 15 heteroatoms. The number of sulfonamides is 2. The van der Waals surface area contributed by atoms with Crippen LogP contribution in [0.25, 0.3) is 11.0 Å². The van der Waals surface area contributed by atoms with Gasteiger partial charge in [-0.1, -0.05) is 23.2 Å². The standard InChI is InChI=1S/C14H16Cl2N4O7S2/c1-26-13-14(27-2)18-11-8(17-13)5-7(15)10(16)12(11)20(29(4,24)25)9(6-21)19-28(3,22)23/h5-6,9,19H,1-4H3. The molecule has 1 aromatic heterocycles. The molecule has 0 spiro atoms. The van der Waals surface area contributed by atoms with Crippen LogP contribution in [-0.2, 0) is 24.8 Å². The van der Waals surface area contributed by atoms with Crippen LogP contribution in [0, 0.1) is 0 Å². The van der Waals surface area contributed by atoms with Gasteiger partial charge in [0.15, 0.2) is 12.5 Å². The Morgan fingerprint density at radius 3 is 2.10 bits per heavy atom. The Balaban J connectivity index is 2.97. The molecule has 11 nitrogen and oxygen atoms in total. The van der Waals surface area contributed by atoms with Crippen molar-refractivity contribution < 1.29 is 31.1 Å². The summed E-state index contributed by atoms with van der Waals surface area (Å²) in [6.45, 7) is 0. The third-order valence-electron chi connectivity index (χ3n) is 3.45. The second-order valence-electron chi connectivity index (χ2n) is 5.66. The summed E-state index contributed by atoms with van der Waals surface area (Å²) in [4.78, 5) is 19.9. The molecule has 1 unspecified atom stereocenters. The molecule has 1 N–H and O–H groups in total. The molecule has 1 atom stereocenters. The van der Waals surface area contributed by atoms with Gasteiger partial charge in [0, 0.05) is 0 Å². The lowest BCUT2D eigenvalue weighted by Crippen LogP contribution is -2.51. The fourth-order valence-corrected chi connectivity index (χ4v) is 4.59. The van der Waals surface area contributed by atoms with Crippen LogP contribution in [0.4, 0.5) is 5.69 Å². The molecular formula is C14H16Cl2N4O7S2. The van der Waals surface area contributed by atoms with Crippen molar-refractivity contribution in [2.75, 3.05) is 31.0 Å². The molecular weight excluding hydrogens is 471 g/mol. The number of aromatic nitrogens is 2. The molecule has 0 bridgehead atoms. The molecule has 0 fully saturated rings. The lowest BCUT2D eigenvalue weighted by Gasteiger charge is -2.29. The molecule has 1 aromatic carbocycles. The number of carbonyl (C=O) groups is 1. The summed E-state index contributed by atoms with van der Waals surface area (Å²) in [5.74, 6) is -0.122. The number of halogens is 2. The van der Waals surface area contributed by atoms with Crippen LogP contribution < -0.4 is 18.5 Å². The van der Waals surface area contributed by atoms with Crippen molar-refractivity contribution in [1.29, 1.82) is 0 Å². The average Bonchev–Trinajstić information content (AvgIpc) is 2.61. The van der Waals surface area contributed by atoms with E-state index in [1.807, 2.05) is 4.72 Å². The van der Waals surface area contributed by atoms with Gasteiger partial charge >= 0.3 is 0 Å². The fraction of sp³-hybridized carbons (Fsp3) is 0.357. The summed E-state index contributed by atoms with van der Waals surface area (Å²) >= 11 is 12.4. The summed E-state index contributed by atoms with van der Waals surface area (Å²) in [5, 5.41) is -0.415. The summed E-state index contributed by atoms with van der Waals surface area (Å²) in [5.41, 5.74) is -0.423. The molecule has 2 aromatic rings. The van der Waals surface area contributed by atoms with Crippen molar-refractivity contribution in [2.24, 2.45) is 0 Å². The van der Waals surface area contributed by atoms with Gasteiger partial charge in [0.1, 0.15) is 11.2 Å². The van der Waals surface area contributed by atoms with Crippen molar-refractivity contribution >= 4 is 66.3 Å². The average molecular weight is 487 g/mol. The Labute approximate surface area is 177 Å². The number of hydrogen-bond acceptors (Lipinski definition) is 9. The van der Waals surface area contributed by atoms with Gasteiger partial charge < -0.3 is 9.47 Å². The minimum absolute atomic E-state index is 0.0172. The number of rotatable bonds is 8. The number of nitrogens with zero attached hydrogens (tertiary/aromatic N) is 3. The monoisotopic (exact) mass is 486 g/mol. The van der Waals surface area contributed by atoms with Gasteiger partial charge in [-0.3, -0.25) is 4.79 Å². The van der Waals surface area contributed by atoms with E-state index >= 15 is 0 Å². The van der Waals surface area contributed by atoms with Crippen LogP contribution in [0.2, 0.25) is 10.0 Å². The smallest absolute Gasteiger partial charge is 0.278 e. The highest BCUT2D eigenvalue weighted by atomic mass is 35.5. The van der Waals surface area contributed by atoms with E-state index in [9.17, 15) is 21.6 Å². The number of ether oxygens (including phenoxy) is 2. The van der Waals surface area contributed by atoms with E-state index in [0.717, 1.165) is 12.5 Å². The first-order chi connectivity index (χ1) is 13.3. The Morgan fingerprint density at radius 1 is 1.10 bits per heavy atom. The van der Waals surface area contributed by atoms with Crippen molar-refractivity contribution in [2.45, 2.75) is 6.17 Å². The summed E-state index contributed by atoms with van der Waals surface area (Å²) in [6.07, 6.45) is -0.270. The third kappa shape index (κ3) is 4.98. The molecule has 0 saturated carbocycles. The molecule has 0 saturated heterocycles. The number of aldehydes is 1. The third-order valence-corrected chi connectivity index (χ3v) is 6.02. The highest BCUT2D eigenvalue weighted by Crippen LogP contribution is 2.41. The largest absolute Gasteiger partial charge is 0.477 e. The first-order valence-electron chi connectivity index (χ1n) is 7.53. The molecule has 0 aliphatic rings. The van der Waals surface area contributed by atoms with Crippen molar-refractivity contribution in [3.05, 3.63) is 16.1 Å². The van der Waals surface area contributed by atoms with Crippen LogP contribution in [-0.4, -0.2) is 66.0 Å². The van der Waals surface area contributed by atoms with Crippen molar-refractivity contribution in [3.63, 3.8) is 0 Å². The Morgan fingerprint density at radius 2 is 1.66 bits per heavy atom. The van der Waals surface area contributed by atoms with E-state index in [1.165, 1.54) is 20.3 Å². The molecule has 1 heterocycles. The van der Waals surface area contributed by atoms with Crippen molar-refractivity contribution in [3.8, 4) is 11.8 Å². The molecule has 0 radical (unpaired) electrons. The molecule has 160 valence electrons. The minimum Gasteiger partial charge on any atom is -0.477 e.